The number of halogens is 1. The van der Waals surface area contributed by atoms with Crippen LogP contribution in [0.4, 0.5) is 5.69 Å². The quantitative estimate of drug-likeness (QED) is 0.684. The SMILES string of the molecule is COC(=O)c1cc2n(n1)CC(C)(C(=O)NC1CCC(C)CC1)N(c1ccc(Cl)cc1C)C2=O. The Balaban J connectivity index is 1.76. The molecule has 8 nitrogen and oxygen atoms in total. The summed E-state index contributed by atoms with van der Waals surface area (Å²) in [7, 11) is 1.26. The van der Waals surface area contributed by atoms with Gasteiger partial charge in [-0.15, -0.1) is 0 Å². The number of fused-ring (bicyclic) bond motifs is 1. The summed E-state index contributed by atoms with van der Waals surface area (Å²) in [6, 6.07) is 6.68. The van der Waals surface area contributed by atoms with Crippen molar-refractivity contribution in [2.24, 2.45) is 5.92 Å². The van der Waals surface area contributed by atoms with Gasteiger partial charge in [-0.3, -0.25) is 19.2 Å². The number of benzene rings is 1. The fourth-order valence-electron chi connectivity index (χ4n) is 4.78. The van der Waals surface area contributed by atoms with Gasteiger partial charge in [-0.2, -0.15) is 5.10 Å². The molecular formula is C24H29ClN4O4. The van der Waals surface area contributed by atoms with Gasteiger partial charge in [0, 0.05) is 22.8 Å². The molecule has 2 aromatic rings. The molecule has 1 fully saturated rings. The standard InChI is InChI=1S/C24H29ClN4O4/c1-14-5-8-17(9-6-14)26-23(32)24(3)13-28-20(12-18(27-28)22(31)33-4)21(30)29(24)19-10-7-16(25)11-15(19)2/h7,10-12,14,17H,5-6,8-9,13H2,1-4H3,(H,26,32). The van der Waals surface area contributed by atoms with Crippen molar-refractivity contribution < 1.29 is 19.1 Å². The number of carbonyl (C=O) groups is 3. The van der Waals surface area contributed by atoms with Crippen LogP contribution in [-0.4, -0.2) is 46.3 Å². The molecule has 1 aliphatic heterocycles. The van der Waals surface area contributed by atoms with Gasteiger partial charge >= 0.3 is 5.97 Å². The lowest BCUT2D eigenvalue weighted by Gasteiger charge is -2.44. The van der Waals surface area contributed by atoms with Gasteiger partial charge < -0.3 is 10.1 Å². The van der Waals surface area contributed by atoms with Crippen LogP contribution in [0.15, 0.2) is 24.3 Å². The number of nitrogens with zero attached hydrogens (tertiary/aromatic N) is 3. The Labute approximate surface area is 198 Å². The van der Waals surface area contributed by atoms with Crippen LogP contribution < -0.4 is 10.2 Å². The summed E-state index contributed by atoms with van der Waals surface area (Å²) in [5.41, 5.74) is 0.348. The number of hydrogen-bond donors (Lipinski definition) is 1. The van der Waals surface area contributed by atoms with Crippen molar-refractivity contribution >= 4 is 35.1 Å². The van der Waals surface area contributed by atoms with E-state index in [0.717, 1.165) is 31.2 Å². The third kappa shape index (κ3) is 4.24. The number of carbonyl (C=O) groups excluding carboxylic acids is 3. The fraction of sp³-hybridized carbons (Fsp3) is 0.500. The highest BCUT2D eigenvalue weighted by Crippen LogP contribution is 2.36. The van der Waals surface area contributed by atoms with Gasteiger partial charge in [-0.05, 0) is 69.2 Å². The van der Waals surface area contributed by atoms with E-state index in [2.05, 4.69) is 17.3 Å². The molecule has 1 atom stereocenters. The molecule has 0 saturated heterocycles. The van der Waals surface area contributed by atoms with Crippen LogP contribution in [0.1, 0.15) is 66.1 Å². The van der Waals surface area contributed by atoms with E-state index < -0.39 is 17.4 Å². The average Bonchev–Trinajstić information content (AvgIpc) is 3.20. The maximum absolute atomic E-state index is 13.7. The molecule has 9 heteroatoms. The van der Waals surface area contributed by atoms with Crippen molar-refractivity contribution in [2.45, 2.75) is 64.6 Å². The average molecular weight is 473 g/mol. The molecule has 1 aromatic carbocycles. The van der Waals surface area contributed by atoms with Crippen LogP contribution >= 0.6 is 11.6 Å². The number of hydrogen-bond acceptors (Lipinski definition) is 5. The molecule has 1 unspecified atom stereocenters. The van der Waals surface area contributed by atoms with Gasteiger partial charge in [0.05, 0.1) is 13.7 Å². The summed E-state index contributed by atoms with van der Waals surface area (Å²) >= 11 is 6.15. The predicted octanol–water partition coefficient (Wildman–Crippen LogP) is 3.75. The van der Waals surface area contributed by atoms with Crippen LogP contribution in [0.2, 0.25) is 5.02 Å². The molecule has 0 spiro atoms. The number of nitrogens with one attached hydrogen (secondary N) is 1. The Morgan fingerprint density at radius 2 is 1.91 bits per heavy atom. The summed E-state index contributed by atoms with van der Waals surface area (Å²) in [6.45, 7) is 5.91. The third-order valence-corrected chi connectivity index (χ3v) is 7.02. The monoisotopic (exact) mass is 472 g/mol. The van der Waals surface area contributed by atoms with Gasteiger partial charge in [-0.1, -0.05) is 18.5 Å². The maximum atomic E-state index is 13.7. The van der Waals surface area contributed by atoms with Gasteiger partial charge in [0.1, 0.15) is 11.2 Å². The van der Waals surface area contributed by atoms with E-state index in [0.29, 0.717) is 16.6 Å². The van der Waals surface area contributed by atoms with Crippen LogP contribution in [0.25, 0.3) is 0 Å². The zero-order valence-corrected chi connectivity index (χ0v) is 20.1. The second kappa shape index (κ2) is 8.82. The Morgan fingerprint density at radius 3 is 2.55 bits per heavy atom. The summed E-state index contributed by atoms with van der Waals surface area (Å²) in [4.78, 5) is 41.0. The molecule has 0 radical (unpaired) electrons. The van der Waals surface area contributed by atoms with Crippen molar-refractivity contribution in [3.8, 4) is 0 Å². The second-order valence-electron chi connectivity index (χ2n) is 9.34. The first-order valence-electron chi connectivity index (χ1n) is 11.2. The first kappa shape index (κ1) is 23.3. The Morgan fingerprint density at radius 1 is 1.21 bits per heavy atom. The zero-order chi connectivity index (χ0) is 23.9. The highest BCUT2D eigenvalue weighted by Gasteiger charge is 2.50. The van der Waals surface area contributed by atoms with Gasteiger partial charge in [0.25, 0.3) is 5.91 Å². The lowest BCUT2D eigenvalue weighted by molar-refractivity contribution is -0.127. The van der Waals surface area contributed by atoms with Crippen LogP contribution in [0, 0.1) is 12.8 Å². The van der Waals surface area contributed by atoms with E-state index >= 15 is 0 Å². The van der Waals surface area contributed by atoms with E-state index in [4.69, 9.17) is 16.3 Å². The van der Waals surface area contributed by atoms with Gasteiger partial charge in [-0.25, -0.2) is 4.79 Å². The minimum absolute atomic E-state index is 0.0274. The first-order chi connectivity index (χ1) is 15.6. The number of aromatic nitrogens is 2. The Kier molecular flexibility index (Phi) is 6.22. The molecule has 176 valence electrons. The summed E-state index contributed by atoms with van der Waals surface area (Å²) in [5.74, 6) is -0.641. The molecular weight excluding hydrogens is 444 g/mol. The molecule has 0 bridgehead atoms. The number of ether oxygens (including phenoxy) is 1. The third-order valence-electron chi connectivity index (χ3n) is 6.79. The summed E-state index contributed by atoms with van der Waals surface area (Å²) in [6.07, 6.45) is 3.95. The highest BCUT2D eigenvalue weighted by molar-refractivity contribution is 6.30. The molecule has 1 aliphatic carbocycles. The number of aryl methyl sites for hydroxylation is 1. The molecule has 2 aliphatic rings. The predicted molar refractivity (Wildman–Crippen MR) is 125 cm³/mol. The number of methoxy groups -OCH3 is 1. The van der Waals surface area contributed by atoms with E-state index in [-0.39, 0.29) is 29.9 Å². The lowest BCUT2D eigenvalue weighted by atomic mass is 9.86. The molecule has 2 heterocycles. The zero-order valence-electron chi connectivity index (χ0n) is 19.4. The largest absolute Gasteiger partial charge is 0.464 e. The van der Waals surface area contributed by atoms with Crippen molar-refractivity contribution in [2.75, 3.05) is 12.0 Å². The molecule has 33 heavy (non-hydrogen) atoms. The number of anilines is 1. The van der Waals surface area contributed by atoms with E-state index in [1.165, 1.54) is 22.8 Å². The van der Waals surface area contributed by atoms with E-state index in [1.54, 1.807) is 25.1 Å². The Hall–Kier alpha value is -2.87. The summed E-state index contributed by atoms with van der Waals surface area (Å²) < 4.78 is 6.20. The van der Waals surface area contributed by atoms with E-state index in [1.807, 2.05) is 6.92 Å². The molecule has 1 N–H and O–H groups in total. The smallest absolute Gasteiger partial charge is 0.358 e. The number of rotatable bonds is 4. The van der Waals surface area contributed by atoms with Crippen molar-refractivity contribution in [1.29, 1.82) is 0 Å². The van der Waals surface area contributed by atoms with Gasteiger partial charge in [0.15, 0.2) is 5.69 Å². The first-order valence-corrected chi connectivity index (χ1v) is 11.6. The van der Waals surface area contributed by atoms with Crippen molar-refractivity contribution in [1.82, 2.24) is 15.1 Å². The van der Waals surface area contributed by atoms with Crippen LogP contribution in [-0.2, 0) is 16.1 Å². The van der Waals surface area contributed by atoms with Gasteiger partial charge in [0.2, 0.25) is 5.91 Å². The molecule has 1 aromatic heterocycles. The summed E-state index contributed by atoms with van der Waals surface area (Å²) in [5, 5.41) is 7.99. The topological polar surface area (TPSA) is 93.5 Å². The lowest BCUT2D eigenvalue weighted by Crippen LogP contribution is -2.65. The molecule has 1 saturated carbocycles. The Bertz CT molecular complexity index is 1110. The normalized spacial score (nSPS) is 24.9. The minimum atomic E-state index is -1.26. The van der Waals surface area contributed by atoms with Crippen LogP contribution in [0.5, 0.6) is 0 Å². The van der Waals surface area contributed by atoms with Crippen LogP contribution in [0.3, 0.4) is 0 Å². The number of amides is 2. The molecule has 2 amide bonds. The maximum Gasteiger partial charge on any atom is 0.358 e. The minimum Gasteiger partial charge on any atom is -0.464 e. The van der Waals surface area contributed by atoms with E-state index in [9.17, 15) is 14.4 Å². The highest BCUT2D eigenvalue weighted by atomic mass is 35.5. The molecule has 4 rings (SSSR count). The van der Waals surface area contributed by atoms with Crippen molar-refractivity contribution in [3.05, 3.63) is 46.2 Å². The number of esters is 1. The fourth-order valence-corrected chi connectivity index (χ4v) is 5.01. The van der Waals surface area contributed by atoms with Crippen molar-refractivity contribution in [3.63, 3.8) is 0 Å². The second-order valence-corrected chi connectivity index (χ2v) is 9.78.